The number of carbonyl (C=O) groups excluding carboxylic acids is 1. The molecule has 28 heavy (non-hydrogen) atoms. The molecule has 0 spiro atoms. The lowest BCUT2D eigenvalue weighted by Gasteiger charge is -2.35. The van der Waals surface area contributed by atoms with E-state index in [-0.39, 0.29) is 23.0 Å². The summed E-state index contributed by atoms with van der Waals surface area (Å²) in [7, 11) is -3.72. The fourth-order valence-electron chi connectivity index (χ4n) is 3.32. The van der Waals surface area contributed by atoms with Crippen molar-refractivity contribution in [3.05, 3.63) is 59.2 Å². The minimum absolute atomic E-state index is 0.0190. The number of hydrogen-bond acceptors (Lipinski definition) is 4. The van der Waals surface area contributed by atoms with Crippen LogP contribution in [0.15, 0.2) is 47.4 Å². The minimum atomic E-state index is -3.72. The van der Waals surface area contributed by atoms with E-state index in [0.29, 0.717) is 24.3 Å². The maximum atomic E-state index is 12.7. The second kappa shape index (κ2) is 7.93. The van der Waals surface area contributed by atoms with Crippen molar-refractivity contribution in [3.8, 4) is 0 Å². The van der Waals surface area contributed by atoms with Gasteiger partial charge in [0.05, 0.1) is 17.1 Å². The van der Waals surface area contributed by atoms with Crippen LogP contribution in [-0.4, -0.2) is 44.5 Å². The molecule has 1 heterocycles. The first-order valence-corrected chi connectivity index (χ1v) is 10.8. The van der Waals surface area contributed by atoms with Gasteiger partial charge in [-0.05, 0) is 75.2 Å². The topological polar surface area (TPSA) is 75.7 Å². The Morgan fingerprint density at radius 1 is 1.00 bits per heavy atom. The van der Waals surface area contributed by atoms with E-state index in [2.05, 4.69) is 4.72 Å². The molecule has 2 aromatic carbocycles. The molecule has 3 rings (SSSR count). The van der Waals surface area contributed by atoms with E-state index in [1.54, 1.807) is 29.2 Å². The Labute approximate surface area is 166 Å². The molecule has 0 saturated carbocycles. The first-order chi connectivity index (χ1) is 13.2. The van der Waals surface area contributed by atoms with Crippen LogP contribution < -0.4 is 4.72 Å². The Morgan fingerprint density at radius 3 is 2.18 bits per heavy atom. The number of hydrogen-bond donors (Lipinski definition) is 1. The average Bonchev–Trinajstić information content (AvgIpc) is 2.63. The molecule has 1 aliphatic heterocycles. The second-order valence-electron chi connectivity index (χ2n) is 7.40. The predicted octanol–water partition coefficient (Wildman–Crippen LogP) is 3.35. The zero-order chi connectivity index (χ0) is 20.5. The Morgan fingerprint density at radius 2 is 1.61 bits per heavy atom. The van der Waals surface area contributed by atoms with Gasteiger partial charge in [-0.1, -0.05) is 6.07 Å². The third-order valence-corrected chi connectivity index (χ3v) is 6.27. The van der Waals surface area contributed by atoms with Crippen LogP contribution in [0, 0.1) is 13.8 Å². The summed E-state index contributed by atoms with van der Waals surface area (Å²) in [5, 5.41) is 0. The summed E-state index contributed by atoms with van der Waals surface area (Å²) < 4.78 is 33.5. The number of benzene rings is 2. The molecule has 0 aliphatic carbocycles. The zero-order valence-electron chi connectivity index (χ0n) is 16.6. The molecule has 0 radical (unpaired) electrons. The van der Waals surface area contributed by atoms with Crippen LogP contribution in [-0.2, 0) is 14.8 Å². The van der Waals surface area contributed by atoms with E-state index in [1.807, 2.05) is 33.8 Å². The minimum Gasteiger partial charge on any atom is -0.372 e. The van der Waals surface area contributed by atoms with Gasteiger partial charge in [0.25, 0.3) is 15.9 Å². The van der Waals surface area contributed by atoms with Gasteiger partial charge >= 0.3 is 0 Å². The summed E-state index contributed by atoms with van der Waals surface area (Å²) in [6, 6.07) is 11.4. The Balaban J connectivity index is 1.75. The van der Waals surface area contributed by atoms with Crippen molar-refractivity contribution in [2.24, 2.45) is 0 Å². The van der Waals surface area contributed by atoms with Crippen molar-refractivity contribution in [3.63, 3.8) is 0 Å². The van der Waals surface area contributed by atoms with Gasteiger partial charge in [0.1, 0.15) is 0 Å². The first kappa shape index (κ1) is 20.4. The Kier molecular flexibility index (Phi) is 5.76. The summed E-state index contributed by atoms with van der Waals surface area (Å²) in [5.74, 6) is -0.118. The zero-order valence-corrected chi connectivity index (χ0v) is 17.4. The quantitative estimate of drug-likeness (QED) is 0.851. The number of carbonyl (C=O) groups is 1. The summed E-state index contributed by atoms with van der Waals surface area (Å²) in [6.45, 7) is 8.82. The number of ether oxygens (including phenoxy) is 1. The van der Waals surface area contributed by atoms with E-state index in [1.165, 1.54) is 12.1 Å². The smallest absolute Gasteiger partial charge is 0.261 e. The third kappa shape index (κ3) is 4.54. The maximum absolute atomic E-state index is 12.7. The molecule has 7 heteroatoms. The fraction of sp³-hybridized carbons (Fsp3) is 0.381. The molecule has 1 N–H and O–H groups in total. The van der Waals surface area contributed by atoms with Crippen LogP contribution in [0.3, 0.4) is 0 Å². The normalized spacial score (nSPS) is 20.1. The number of anilines is 1. The lowest BCUT2D eigenvalue weighted by Crippen LogP contribution is -2.48. The fourth-order valence-corrected chi connectivity index (χ4v) is 4.37. The van der Waals surface area contributed by atoms with Gasteiger partial charge in [-0.15, -0.1) is 0 Å². The largest absolute Gasteiger partial charge is 0.372 e. The number of morpholine rings is 1. The van der Waals surface area contributed by atoms with E-state index in [0.717, 1.165) is 11.1 Å². The first-order valence-electron chi connectivity index (χ1n) is 9.30. The second-order valence-corrected chi connectivity index (χ2v) is 9.08. The molecule has 6 nitrogen and oxygen atoms in total. The van der Waals surface area contributed by atoms with Crippen LogP contribution in [0.5, 0.6) is 0 Å². The molecular formula is C21H26N2O4S. The standard InChI is InChI=1S/C21H26N2O4S/c1-14-5-8-19(11-15(14)2)22-28(25,26)20-9-6-18(7-10-20)21(24)23-12-16(3)27-17(4)13-23/h5-11,16-17,22H,12-13H2,1-4H3/t16-,17-/m1/s1. The number of nitrogens with one attached hydrogen (secondary N) is 1. The molecule has 1 saturated heterocycles. The van der Waals surface area contributed by atoms with Gasteiger partial charge in [0.15, 0.2) is 0 Å². The SMILES string of the molecule is Cc1ccc(NS(=O)(=O)c2ccc(C(=O)N3C[C@@H](C)O[C@H](C)C3)cc2)cc1C. The van der Waals surface area contributed by atoms with Crippen molar-refractivity contribution in [2.75, 3.05) is 17.8 Å². The van der Waals surface area contributed by atoms with Crippen LogP contribution in [0.1, 0.15) is 35.3 Å². The molecule has 1 aliphatic rings. The molecule has 1 amide bonds. The summed E-state index contributed by atoms with van der Waals surface area (Å²) >= 11 is 0. The van der Waals surface area contributed by atoms with Crippen LogP contribution in [0.25, 0.3) is 0 Å². The van der Waals surface area contributed by atoms with E-state index in [9.17, 15) is 13.2 Å². The predicted molar refractivity (Wildman–Crippen MR) is 109 cm³/mol. The van der Waals surface area contributed by atoms with Crippen LogP contribution >= 0.6 is 0 Å². The molecule has 0 unspecified atom stereocenters. The molecule has 2 atom stereocenters. The molecule has 1 fully saturated rings. The van der Waals surface area contributed by atoms with E-state index >= 15 is 0 Å². The molecule has 2 aromatic rings. The van der Waals surface area contributed by atoms with Crippen molar-refractivity contribution in [1.29, 1.82) is 0 Å². The number of amides is 1. The van der Waals surface area contributed by atoms with Crippen molar-refractivity contribution in [1.82, 2.24) is 4.90 Å². The Hall–Kier alpha value is -2.38. The van der Waals surface area contributed by atoms with Gasteiger partial charge < -0.3 is 9.64 Å². The van der Waals surface area contributed by atoms with Gasteiger partial charge in [0.2, 0.25) is 0 Å². The van der Waals surface area contributed by atoms with Gasteiger partial charge in [-0.2, -0.15) is 0 Å². The van der Waals surface area contributed by atoms with Crippen LogP contribution in [0.2, 0.25) is 0 Å². The molecule has 0 aromatic heterocycles. The lowest BCUT2D eigenvalue weighted by molar-refractivity contribution is -0.0586. The molecule has 150 valence electrons. The monoisotopic (exact) mass is 402 g/mol. The summed E-state index contributed by atoms with van der Waals surface area (Å²) in [6.07, 6.45) is -0.0379. The highest BCUT2D eigenvalue weighted by atomic mass is 32.2. The summed E-state index contributed by atoms with van der Waals surface area (Å²) in [5.41, 5.74) is 3.08. The van der Waals surface area contributed by atoms with Gasteiger partial charge in [0, 0.05) is 24.3 Å². The lowest BCUT2D eigenvalue weighted by atomic mass is 10.1. The van der Waals surface area contributed by atoms with Crippen molar-refractivity contribution in [2.45, 2.75) is 44.8 Å². The summed E-state index contributed by atoms with van der Waals surface area (Å²) in [4.78, 5) is 14.6. The Bertz CT molecular complexity index is 960. The number of sulfonamides is 1. The highest BCUT2D eigenvalue weighted by Crippen LogP contribution is 2.20. The van der Waals surface area contributed by atoms with E-state index in [4.69, 9.17) is 4.74 Å². The van der Waals surface area contributed by atoms with Gasteiger partial charge in [-0.3, -0.25) is 9.52 Å². The highest BCUT2D eigenvalue weighted by Gasteiger charge is 2.27. The third-order valence-electron chi connectivity index (χ3n) is 4.88. The molecule has 0 bridgehead atoms. The van der Waals surface area contributed by atoms with E-state index < -0.39 is 10.0 Å². The van der Waals surface area contributed by atoms with Crippen molar-refractivity contribution >= 4 is 21.6 Å². The van der Waals surface area contributed by atoms with Crippen molar-refractivity contribution < 1.29 is 17.9 Å². The molecular weight excluding hydrogens is 376 g/mol. The average molecular weight is 403 g/mol. The number of rotatable bonds is 4. The number of aryl methyl sites for hydroxylation is 2. The maximum Gasteiger partial charge on any atom is 0.261 e. The highest BCUT2D eigenvalue weighted by molar-refractivity contribution is 7.92. The van der Waals surface area contributed by atoms with Crippen LogP contribution in [0.4, 0.5) is 5.69 Å². The number of nitrogens with zero attached hydrogens (tertiary/aromatic N) is 1. The van der Waals surface area contributed by atoms with Gasteiger partial charge in [-0.25, -0.2) is 8.42 Å².